The van der Waals surface area contributed by atoms with Crippen molar-refractivity contribution in [2.24, 2.45) is 11.7 Å². The van der Waals surface area contributed by atoms with Crippen LogP contribution in [0.15, 0.2) is 12.1 Å². The summed E-state index contributed by atoms with van der Waals surface area (Å²) in [5.41, 5.74) is 6.02. The standard InChI is InChI=1S/C14H23N5O/c1-18(2)14(20)12-5-6-13(17-16-12)19-9-3-4-11(10-19)7-8-15/h5-6,11H,3-4,7-10,15H2,1-2H3. The molecule has 1 aliphatic rings. The number of carbonyl (C=O) groups is 1. The zero-order valence-electron chi connectivity index (χ0n) is 12.2. The van der Waals surface area contributed by atoms with Crippen molar-refractivity contribution in [3.8, 4) is 0 Å². The van der Waals surface area contributed by atoms with Crippen LogP contribution >= 0.6 is 0 Å². The third kappa shape index (κ3) is 3.45. The molecule has 0 radical (unpaired) electrons. The van der Waals surface area contributed by atoms with Gasteiger partial charge in [0.05, 0.1) is 0 Å². The van der Waals surface area contributed by atoms with Crippen LogP contribution in [0.3, 0.4) is 0 Å². The Kier molecular flexibility index (Phi) is 4.89. The van der Waals surface area contributed by atoms with E-state index in [1.807, 2.05) is 6.07 Å². The lowest BCUT2D eigenvalue weighted by Gasteiger charge is -2.33. The fourth-order valence-corrected chi connectivity index (χ4v) is 2.58. The van der Waals surface area contributed by atoms with Gasteiger partial charge in [0.1, 0.15) is 0 Å². The number of nitrogens with two attached hydrogens (primary N) is 1. The first-order valence-electron chi connectivity index (χ1n) is 7.12. The number of nitrogens with zero attached hydrogens (tertiary/aromatic N) is 4. The summed E-state index contributed by atoms with van der Waals surface area (Å²) < 4.78 is 0. The quantitative estimate of drug-likeness (QED) is 0.878. The van der Waals surface area contributed by atoms with Crippen LogP contribution < -0.4 is 10.6 Å². The van der Waals surface area contributed by atoms with Gasteiger partial charge in [-0.15, -0.1) is 10.2 Å². The first-order valence-corrected chi connectivity index (χ1v) is 7.12. The molecule has 1 unspecified atom stereocenters. The van der Waals surface area contributed by atoms with E-state index in [2.05, 4.69) is 15.1 Å². The molecule has 20 heavy (non-hydrogen) atoms. The minimum Gasteiger partial charge on any atom is -0.355 e. The Morgan fingerprint density at radius 2 is 2.25 bits per heavy atom. The Morgan fingerprint density at radius 1 is 1.45 bits per heavy atom. The highest BCUT2D eigenvalue weighted by molar-refractivity contribution is 5.91. The molecule has 1 fully saturated rings. The van der Waals surface area contributed by atoms with Gasteiger partial charge in [0.15, 0.2) is 11.5 Å². The Balaban J connectivity index is 2.04. The number of rotatable bonds is 4. The molecule has 1 aromatic heterocycles. The van der Waals surface area contributed by atoms with Crippen LogP contribution in [-0.2, 0) is 0 Å². The summed E-state index contributed by atoms with van der Waals surface area (Å²) in [5.74, 6) is 1.37. The Bertz CT molecular complexity index is 443. The van der Waals surface area contributed by atoms with Gasteiger partial charge in [-0.3, -0.25) is 4.79 Å². The van der Waals surface area contributed by atoms with Crippen LogP contribution in [0, 0.1) is 5.92 Å². The molecule has 1 aromatic rings. The van der Waals surface area contributed by atoms with Crippen molar-refractivity contribution in [1.29, 1.82) is 0 Å². The van der Waals surface area contributed by atoms with Gasteiger partial charge in [-0.25, -0.2) is 0 Å². The van der Waals surface area contributed by atoms with Crippen molar-refractivity contribution in [3.63, 3.8) is 0 Å². The molecule has 2 rings (SSSR count). The van der Waals surface area contributed by atoms with Crippen LogP contribution in [0.4, 0.5) is 5.82 Å². The van der Waals surface area contributed by atoms with Crippen molar-refractivity contribution >= 4 is 11.7 Å². The number of hydrogen-bond donors (Lipinski definition) is 1. The van der Waals surface area contributed by atoms with Crippen molar-refractivity contribution in [1.82, 2.24) is 15.1 Å². The van der Waals surface area contributed by atoms with Crippen LogP contribution in [0.1, 0.15) is 29.8 Å². The SMILES string of the molecule is CN(C)C(=O)c1ccc(N2CCCC(CCN)C2)nn1. The van der Waals surface area contributed by atoms with E-state index < -0.39 is 0 Å². The van der Waals surface area contributed by atoms with E-state index >= 15 is 0 Å². The molecule has 0 aromatic carbocycles. The van der Waals surface area contributed by atoms with Crippen molar-refractivity contribution in [2.45, 2.75) is 19.3 Å². The largest absolute Gasteiger partial charge is 0.355 e. The second-order valence-corrected chi connectivity index (χ2v) is 5.51. The molecule has 1 amide bonds. The molecule has 0 aliphatic carbocycles. The van der Waals surface area contributed by atoms with E-state index in [1.165, 1.54) is 11.3 Å². The van der Waals surface area contributed by atoms with Crippen molar-refractivity contribution in [3.05, 3.63) is 17.8 Å². The van der Waals surface area contributed by atoms with Gasteiger partial charge in [-0.2, -0.15) is 0 Å². The Labute approximate surface area is 120 Å². The lowest BCUT2D eigenvalue weighted by molar-refractivity contribution is 0.0821. The van der Waals surface area contributed by atoms with Crippen LogP contribution in [0.2, 0.25) is 0 Å². The molecule has 110 valence electrons. The predicted octanol–water partition coefficient (Wildman–Crippen LogP) is 0.744. The highest BCUT2D eigenvalue weighted by Gasteiger charge is 2.21. The summed E-state index contributed by atoms with van der Waals surface area (Å²) in [6.45, 7) is 2.71. The van der Waals surface area contributed by atoms with E-state index in [9.17, 15) is 4.79 Å². The molecule has 0 spiro atoms. The molecule has 1 atom stereocenters. The highest BCUT2D eigenvalue weighted by Crippen LogP contribution is 2.23. The number of aromatic nitrogens is 2. The maximum absolute atomic E-state index is 11.8. The number of anilines is 1. The van der Waals surface area contributed by atoms with E-state index in [0.717, 1.165) is 38.3 Å². The van der Waals surface area contributed by atoms with Gasteiger partial charge in [-0.05, 0) is 43.9 Å². The fourth-order valence-electron chi connectivity index (χ4n) is 2.58. The molecule has 1 aliphatic heterocycles. The van der Waals surface area contributed by atoms with E-state index in [4.69, 9.17) is 5.73 Å². The number of piperidine rings is 1. The molecule has 2 N–H and O–H groups in total. The normalized spacial score (nSPS) is 18.9. The van der Waals surface area contributed by atoms with E-state index in [-0.39, 0.29) is 5.91 Å². The second kappa shape index (κ2) is 6.65. The Hall–Kier alpha value is -1.69. The lowest BCUT2D eigenvalue weighted by Crippen LogP contribution is -2.37. The zero-order valence-corrected chi connectivity index (χ0v) is 12.2. The average Bonchev–Trinajstić information content (AvgIpc) is 2.47. The number of hydrogen-bond acceptors (Lipinski definition) is 5. The summed E-state index contributed by atoms with van der Waals surface area (Å²) in [7, 11) is 3.42. The van der Waals surface area contributed by atoms with Gasteiger partial charge in [0.25, 0.3) is 5.91 Å². The minimum absolute atomic E-state index is 0.122. The van der Waals surface area contributed by atoms with Crippen molar-refractivity contribution in [2.75, 3.05) is 38.6 Å². The fraction of sp³-hybridized carbons (Fsp3) is 0.643. The molecular formula is C14H23N5O. The predicted molar refractivity (Wildman–Crippen MR) is 78.7 cm³/mol. The van der Waals surface area contributed by atoms with Gasteiger partial charge in [-0.1, -0.05) is 0 Å². The summed E-state index contributed by atoms with van der Waals surface area (Å²) in [4.78, 5) is 15.5. The minimum atomic E-state index is -0.122. The molecule has 0 bridgehead atoms. The van der Waals surface area contributed by atoms with Gasteiger partial charge < -0.3 is 15.5 Å². The lowest BCUT2D eigenvalue weighted by atomic mass is 9.95. The van der Waals surface area contributed by atoms with E-state index in [1.54, 1.807) is 20.2 Å². The molecule has 6 heteroatoms. The topological polar surface area (TPSA) is 75.4 Å². The number of amides is 1. The molecular weight excluding hydrogens is 254 g/mol. The van der Waals surface area contributed by atoms with Gasteiger partial charge >= 0.3 is 0 Å². The second-order valence-electron chi connectivity index (χ2n) is 5.51. The smallest absolute Gasteiger partial charge is 0.273 e. The zero-order chi connectivity index (χ0) is 14.5. The summed E-state index contributed by atoms with van der Waals surface area (Å²) in [6.07, 6.45) is 3.45. The molecule has 6 nitrogen and oxygen atoms in total. The molecule has 2 heterocycles. The maximum atomic E-state index is 11.8. The Morgan fingerprint density at radius 3 is 2.85 bits per heavy atom. The average molecular weight is 277 g/mol. The van der Waals surface area contributed by atoms with Crippen LogP contribution in [-0.4, -0.2) is 54.7 Å². The van der Waals surface area contributed by atoms with E-state index in [0.29, 0.717) is 11.6 Å². The molecule has 0 saturated carbocycles. The monoisotopic (exact) mass is 277 g/mol. The van der Waals surface area contributed by atoms with Crippen LogP contribution in [0.25, 0.3) is 0 Å². The third-order valence-corrected chi connectivity index (χ3v) is 3.69. The molecule has 1 saturated heterocycles. The summed E-state index contributed by atoms with van der Waals surface area (Å²) in [6, 6.07) is 3.63. The first kappa shape index (κ1) is 14.7. The third-order valence-electron chi connectivity index (χ3n) is 3.69. The van der Waals surface area contributed by atoms with Gasteiger partial charge in [0, 0.05) is 27.2 Å². The summed E-state index contributed by atoms with van der Waals surface area (Å²) in [5, 5.41) is 8.24. The first-order chi connectivity index (χ1) is 9.61. The van der Waals surface area contributed by atoms with Crippen LogP contribution in [0.5, 0.6) is 0 Å². The van der Waals surface area contributed by atoms with Gasteiger partial charge in [0.2, 0.25) is 0 Å². The van der Waals surface area contributed by atoms with Crippen molar-refractivity contribution < 1.29 is 4.79 Å². The number of carbonyl (C=O) groups excluding carboxylic acids is 1. The summed E-state index contributed by atoms with van der Waals surface area (Å²) >= 11 is 0. The maximum Gasteiger partial charge on any atom is 0.273 e. The highest BCUT2D eigenvalue weighted by atomic mass is 16.2.